The zero-order valence-electron chi connectivity index (χ0n) is 12.4. The Kier molecular flexibility index (Phi) is 7.10. The lowest BCUT2D eigenvalue weighted by molar-refractivity contribution is 0.0691. The summed E-state index contributed by atoms with van der Waals surface area (Å²) in [6, 6.07) is -0.392. The van der Waals surface area contributed by atoms with Crippen LogP contribution in [-0.2, 0) is 11.3 Å². The van der Waals surface area contributed by atoms with Crippen LogP contribution in [0.5, 0.6) is 0 Å². The Morgan fingerprint density at radius 2 is 2.19 bits per heavy atom. The molecule has 0 aliphatic rings. The highest BCUT2D eigenvalue weighted by atomic mass is 32.1. The summed E-state index contributed by atoms with van der Waals surface area (Å²) in [6.45, 7) is 7.17. The fraction of sp³-hybridized carbons (Fsp3) is 0.615. The minimum atomic E-state index is -1.07. The van der Waals surface area contributed by atoms with Gasteiger partial charge in [-0.25, -0.2) is 14.6 Å². The number of hydrogen-bond acceptors (Lipinski definition) is 5. The number of rotatable bonds is 8. The lowest BCUT2D eigenvalue weighted by atomic mass is 10.1. The smallest absolute Gasteiger partial charge is 0.355 e. The van der Waals surface area contributed by atoms with E-state index >= 15 is 0 Å². The van der Waals surface area contributed by atoms with Crippen molar-refractivity contribution in [1.29, 1.82) is 0 Å². The molecule has 0 fully saturated rings. The van der Waals surface area contributed by atoms with E-state index in [2.05, 4.69) is 15.6 Å². The molecule has 0 radical (unpaired) electrons. The minimum Gasteiger partial charge on any atom is -0.476 e. The van der Waals surface area contributed by atoms with Crippen molar-refractivity contribution < 1.29 is 19.4 Å². The summed E-state index contributed by atoms with van der Waals surface area (Å²) in [5, 5.41) is 16.3. The van der Waals surface area contributed by atoms with Crippen LogP contribution in [0.15, 0.2) is 5.38 Å². The summed E-state index contributed by atoms with van der Waals surface area (Å²) < 4.78 is 5.33. The van der Waals surface area contributed by atoms with Crippen molar-refractivity contribution >= 4 is 23.3 Å². The number of thiazole rings is 1. The molecule has 0 bridgehead atoms. The van der Waals surface area contributed by atoms with E-state index in [1.54, 1.807) is 0 Å². The van der Waals surface area contributed by atoms with Gasteiger partial charge in [0.1, 0.15) is 5.01 Å². The van der Waals surface area contributed by atoms with Gasteiger partial charge in [-0.05, 0) is 12.8 Å². The summed E-state index contributed by atoms with van der Waals surface area (Å²) in [5.41, 5.74) is -0.00592. The monoisotopic (exact) mass is 315 g/mol. The molecule has 0 aliphatic heterocycles. The van der Waals surface area contributed by atoms with E-state index in [0.717, 1.165) is 0 Å². The maximum atomic E-state index is 11.8. The lowest BCUT2D eigenvalue weighted by Gasteiger charge is -2.22. The van der Waals surface area contributed by atoms with E-state index < -0.39 is 5.97 Å². The number of urea groups is 1. The van der Waals surface area contributed by atoms with Gasteiger partial charge in [-0.15, -0.1) is 11.3 Å². The number of nitrogens with one attached hydrogen (secondary N) is 2. The number of hydrogen-bond donors (Lipinski definition) is 3. The second-order valence-electron chi connectivity index (χ2n) is 4.77. The summed E-state index contributed by atoms with van der Waals surface area (Å²) in [6.07, 6.45) is 0. The predicted octanol–water partition coefficient (Wildman–Crippen LogP) is 1.70. The van der Waals surface area contributed by atoms with Crippen molar-refractivity contribution in [1.82, 2.24) is 15.6 Å². The first-order valence-electron chi connectivity index (χ1n) is 6.73. The standard InChI is InChI=1S/C13H21N3O4S/c1-4-20-6-9(8(2)3)16-13(19)14-5-11-15-10(7-21-11)12(17)18/h7-9H,4-6H2,1-3H3,(H,17,18)(H2,14,16,19). The van der Waals surface area contributed by atoms with E-state index in [1.807, 2.05) is 20.8 Å². The van der Waals surface area contributed by atoms with Crippen LogP contribution >= 0.6 is 11.3 Å². The van der Waals surface area contributed by atoms with Crippen LogP contribution in [0.4, 0.5) is 4.79 Å². The number of amides is 2. The molecule has 0 saturated heterocycles. The van der Waals surface area contributed by atoms with Crippen LogP contribution in [0.3, 0.4) is 0 Å². The normalized spacial score (nSPS) is 12.2. The van der Waals surface area contributed by atoms with Crippen molar-refractivity contribution in [3.8, 4) is 0 Å². The topological polar surface area (TPSA) is 101 Å². The molecule has 0 spiro atoms. The van der Waals surface area contributed by atoms with Gasteiger partial charge in [0.15, 0.2) is 5.69 Å². The number of nitrogens with zero attached hydrogens (tertiary/aromatic N) is 1. The molecular weight excluding hydrogens is 294 g/mol. The molecular formula is C13H21N3O4S. The summed E-state index contributed by atoms with van der Waals surface area (Å²) >= 11 is 1.20. The molecule has 21 heavy (non-hydrogen) atoms. The van der Waals surface area contributed by atoms with Gasteiger partial charge in [0.25, 0.3) is 0 Å². The van der Waals surface area contributed by atoms with E-state index in [1.165, 1.54) is 16.7 Å². The minimum absolute atomic E-state index is 0.00592. The maximum absolute atomic E-state index is 11.8. The first-order valence-corrected chi connectivity index (χ1v) is 7.61. The third kappa shape index (κ3) is 6.09. The average molecular weight is 315 g/mol. The van der Waals surface area contributed by atoms with Crippen LogP contribution in [0.1, 0.15) is 36.3 Å². The van der Waals surface area contributed by atoms with Crippen LogP contribution in [0, 0.1) is 5.92 Å². The molecule has 8 heteroatoms. The van der Waals surface area contributed by atoms with E-state index in [0.29, 0.717) is 18.2 Å². The van der Waals surface area contributed by atoms with Gasteiger partial charge in [-0.2, -0.15) is 0 Å². The molecule has 7 nitrogen and oxygen atoms in total. The molecule has 1 atom stereocenters. The highest BCUT2D eigenvalue weighted by Gasteiger charge is 2.16. The Morgan fingerprint density at radius 3 is 2.71 bits per heavy atom. The number of carboxylic acids is 1. The molecule has 1 heterocycles. The average Bonchev–Trinajstić information content (AvgIpc) is 2.90. The van der Waals surface area contributed by atoms with Crippen LogP contribution in [0.25, 0.3) is 0 Å². The van der Waals surface area contributed by atoms with Gasteiger partial charge in [0.2, 0.25) is 0 Å². The van der Waals surface area contributed by atoms with Crippen LogP contribution in [0.2, 0.25) is 0 Å². The van der Waals surface area contributed by atoms with E-state index in [4.69, 9.17) is 9.84 Å². The fourth-order valence-electron chi connectivity index (χ4n) is 1.51. The molecule has 1 unspecified atom stereocenters. The number of ether oxygens (including phenoxy) is 1. The summed E-state index contributed by atoms with van der Waals surface area (Å²) in [4.78, 5) is 26.4. The molecule has 0 aliphatic carbocycles. The van der Waals surface area contributed by atoms with Crippen molar-refractivity contribution in [3.63, 3.8) is 0 Å². The molecule has 2 amide bonds. The Morgan fingerprint density at radius 1 is 1.48 bits per heavy atom. The third-order valence-corrected chi connectivity index (χ3v) is 3.64. The largest absolute Gasteiger partial charge is 0.476 e. The fourth-order valence-corrected chi connectivity index (χ4v) is 2.22. The van der Waals surface area contributed by atoms with E-state index in [9.17, 15) is 9.59 Å². The number of carboxylic acid groups (broad SMARTS) is 1. The van der Waals surface area contributed by atoms with E-state index in [-0.39, 0.29) is 30.2 Å². The van der Waals surface area contributed by atoms with Crippen LogP contribution < -0.4 is 10.6 Å². The molecule has 0 saturated carbocycles. The van der Waals surface area contributed by atoms with Crippen molar-refractivity contribution in [2.75, 3.05) is 13.2 Å². The second-order valence-corrected chi connectivity index (χ2v) is 5.71. The van der Waals surface area contributed by atoms with Gasteiger partial charge in [0.05, 0.1) is 19.2 Å². The van der Waals surface area contributed by atoms with Gasteiger partial charge in [-0.1, -0.05) is 13.8 Å². The Hall–Kier alpha value is -1.67. The first kappa shape index (κ1) is 17.4. The summed E-state index contributed by atoms with van der Waals surface area (Å²) in [5.74, 6) is -0.820. The highest BCUT2D eigenvalue weighted by Crippen LogP contribution is 2.09. The zero-order chi connectivity index (χ0) is 15.8. The molecule has 0 aromatic carbocycles. The number of aromatic carboxylic acids is 1. The number of carbonyl (C=O) groups excluding carboxylic acids is 1. The third-order valence-electron chi connectivity index (χ3n) is 2.79. The number of carbonyl (C=O) groups is 2. The summed E-state index contributed by atoms with van der Waals surface area (Å²) in [7, 11) is 0. The predicted molar refractivity (Wildman–Crippen MR) is 79.6 cm³/mol. The zero-order valence-corrected chi connectivity index (χ0v) is 13.2. The first-order chi connectivity index (χ1) is 9.93. The van der Waals surface area contributed by atoms with Gasteiger partial charge in [-0.3, -0.25) is 0 Å². The lowest BCUT2D eigenvalue weighted by Crippen LogP contribution is -2.46. The molecule has 3 N–H and O–H groups in total. The Bertz CT molecular complexity index is 476. The molecule has 1 rings (SSSR count). The van der Waals surface area contributed by atoms with Gasteiger partial charge < -0.3 is 20.5 Å². The maximum Gasteiger partial charge on any atom is 0.355 e. The van der Waals surface area contributed by atoms with Crippen molar-refractivity contribution in [2.24, 2.45) is 5.92 Å². The van der Waals surface area contributed by atoms with Crippen LogP contribution in [-0.4, -0.2) is 41.3 Å². The SMILES string of the molecule is CCOCC(NC(=O)NCc1nc(C(=O)O)cs1)C(C)C. The second kappa shape index (κ2) is 8.58. The molecule has 1 aromatic heterocycles. The quantitative estimate of drug-likeness (QED) is 0.678. The van der Waals surface area contributed by atoms with Crippen molar-refractivity contribution in [2.45, 2.75) is 33.4 Å². The number of aromatic nitrogens is 1. The molecule has 118 valence electrons. The Balaban J connectivity index is 2.42. The Labute approximate surface area is 127 Å². The van der Waals surface area contributed by atoms with Gasteiger partial charge >= 0.3 is 12.0 Å². The highest BCUT2D eigenvalue weighted by molar-refractivity contribution is 7.09. The van der Waals surface area contributed by atoms with Gasteiger partial charge in [0, 0.05) is 12.0 Å². The molecule has 1 aromatic rings. The van der Waals surface area contributed by atoms with Crippen molar-refractivity contribution in [3.05, 3.63) is 16.1 Å².